The Morgan fingerprint density at radius 1 is 1.67 bits per heavy atom. The minimum atomic E-state index is -0.919. The highest BCUT2D eigenvalue weighted by Gasteiger charge is 2.02. The van der Waals surface area contributed by atoms with Crippen LogP contribution in [0, 0.1) is 0 Å². The van der Waals surface area contributed by atoms with Crippen LogP contribution in [0.5, 0.6) is 0 Å². The third kappa shape index (κ3) is 4.46. The van der Waals surface area contributed by atoms with Crippen LogP contribution < -0.4 is 11.1 Å². The maximum Gasteiger partial charge on any atom is 0.318 e. The van der Waals surface area contributed by atoms with Crippen molar-refractivity contribution in [1.29, 1.82) is 0 Å². The molecule has 4 N–H and O–H groups in total. The molecule has 0 unspecified atom stereocenters. The zero-order valence-electron chi connectivity index (χ0n) is 7.77. The van der Waals surface area contributed by atoms with Crippen molar-refractivity contribution in [2.45, 2.75) is 0 Å². The summed E-state index contributed by atoms with van der Waals surface area (Å²) in [6.07, 6.45) is 3.12. The lowest BCUT2D eigenvalue weighted by Gasteiger charge is -1.98. The van der Waals surface area contributed by atoms with Crippen molar-refractivity contribution >= 4 is 18.2 Å². The van der Waals surface area contributed by atoms with Gasteiger partial charge in [0.05, 0.1) is 11.9 Å². The molecule has 7 heteroatoms. The third-order valence-corrected chi connectivity index (χ3v) is 1.35. The monoisotopic (exact) mass is 210 g/mol. The number of nitrogens with one attached hydrogen (secondary N) is 2. The number of carbonyl (C=O) groups is 2. The van der Waals surface area contributed by atoms with E-state index in [0.29, 0.717) is 0 Å². The molecule has 0 aromatic carbocycles. The topological polar surface area (TPSA) is 110 Å². The van der Waals surface area contributed by atoms with Crippen LogP contribution in [0.1, 0.15) is 5.69 Å². The van der Waals surface area contributed by atoms with E-state index in [1.807, 2.05) is 5.32 Å². The van der Waals surface area contributed by atoms with Crippen molar-refractivity contribution in [2.75, 3.05) is 6.61 Å². The summed E-state index contributed by atoms with van der Waals surface area (Å²) in [5.74, 6) is -0.647. The number of nitrogens with two attached hydrogens (primary N) is 1. The second-order valence-electron chi connectivity index (χ2n) is 2.55. The number of amides is 3. The molecular formula is C8H10N4O3. The number of aromatic amines is 1. The highest BCUT2D eigenvalue weighted by atomic mass is 16.6. The van der Waals surface area contributed by atoms with Crippen LogP contribution in [0.2, 0.25) is 0 Å². The summed E-state index contributed by atoms with van der Waals surface area (Å²) in [5, 5.41) is 5.32. The number of imide groups is 1. The van der Waals surface area contributed by atoms with E-state index in [1.54, 1.807) is 18.3 Å². The Morgan fingerprint density at radius 2 is 2.47 bits per heavy atom. The van der Waals surface area contributed by atoms with Gasteiger partial charge in [0.2, 0.25) is 0 Å². The number of urea groups is 1. The summed E-state index contributed by atoms with van der Waals surface area (Å²) >= 11 is 0. The van der Waals surface area contributed by atoms with E-state index in [-0.39, 0.29) is 6.61 Å². The van der Waals surface area contributed by atoms with Gasteiger partial charge in [-0.1, -0.05) is 5.16 Å². The first-order valence-corrected chi connectivity index (χ1v) is 4.06. The minimum absolute atomic E-state index is 0.361. The van der Waals surface area contributed by atoms with Crippen LogP contribution in [0.15, 0.2) is 23.5 Å². The number of H-pyrrole nitrogens is 1. The van der Waals surface area contributed by atoms with Gasteiger partial charge in [-0.3, -0.25) is 10.1 Å². The molecule has 0 saturated heterocycles. The lowest BCUT2D eigenvalue weighted by molar-refractivity contribution is -0.124. The first kappa shape index (κ1) is 10.8. The molecule has 0 fully saturated rings. The summed E-state index contributed by atoms with van der Waals surface area (Å²) in [5.41, 5.74) is 5.45. The Hall–Kier alpha value is -2.31. The number of aromatic nitrogens is 1. The van der Waals surface area contributed by atoms with Crippen molar-refractivity contribution < 1.29 is 14.4 Å². The molecule has 15 heavy (non-hydrogen) atoms. The molecule has 0 atom stereocenters. The van der Waals surface area contributed by atoms with Gasteiger partial charge in [-0.25, -0.2) is 4.79 Å². The number of nitrogens with zero attached hydrogens (tertiary/aromatic N) is 1. The maximum absolute atomic E-state index is 10.8. The number of oxime groups is 1. The lowest BCUT2D eigenvalue weighted by Crippen LogP contribution is -2.37. The molecule has 0 spiro atoms. The van der Waals surface area contributed by atoms with Crippen molar-refractivity contribution in [3.05, 3.63) is 24.0 Å². The Bertz CT molecular complexity index is 358. The van der Waals surface area contributed by atoms with Crippen molar-refractivity contribution in [3.63, 3.8) is 0 Å². The summed E-state index contributed by atoms with van der Waals surface area (Å²) in [7, 11) is 0. The molecule has 0 saturated carbocycles. The zero-order valence-corrected chi connectivity index (χ0v) is 7.77. The fourth-order valence-corrected chi connectivity index (χ4v) is 0.788. The molecule has 1 rings (SSSR count). The van der Waals surface area contributed by atoms with E-state index in [0.717, 1.165) is 5.69 Å². The summed E-state index contributed by atoms with van der Waals surface area (Å²) in [6.45, 7) is -0.361. The number of hydrogen-bond donors (Lipinski definition) is 3. The quantitative estimate of drug-likeness (QED) is 0.462. The molecule has 0 aliphatic heterocycles. The summed E-state index contributed by atoms with van der Waals surface area (Å²) in [6, 6.07) is 2.65. The molecular weight excluding hydrogens is 200 g/mol. The average molecular weight is 210 g/mol. The molecule has 1 aromatic rings. The van der Waals surface area contributed by atoms with E-state index in [4.69, 9.17) is 5.73 Å². The number of primary amides is 1. The van der Waals surface area contributed by atoms with Crippen molar-refractivity contribution in [1.82, 2.24) is 10.3 Å². The molecule has 0 aliphatic rings. The first-order valence-electron chi connectivity index (χ1n) is 4.06. The van der Waals surface area contributed by atoms with Crippen LogP contribution >= 0.6 is 0 Å². The van der Waals surface area contributed by atoms with Gasteiger partial charge in [0.15, 0.2) is 6.61 Å². The third-order valence-electron chi connectivity index (χ3n) is 1.35. The van der Waals surface area contributed by atoms with Crippen LogP contribution in [-0.2, 0) is 9.63 Å². The minimum Gasteiger partial charge on any atom is -0.386 e. The van der Waals surface area contributed by atoms with Crippen LogP contribution in [0.4, 0.5) is 4.79 Å². The van der Waals surface area contributed by atoms with Gasteiger partial charge in [0.1, 0.15) is 0 Å². The average Bonchev–Trinajstić information content (AvgIpc) is 2.63. The molecule has 3 amide bonds. The first-order chi connectivity index (χ1) is 7.18. The zero-order chi connectivity index (χ0) is 11.1. The maximum atomic E-state index is 10.8. The highest BCUT2D eigenvalue weighted by molar-refractivity contribution is 5.94. The Kier molecular flexibility index (Phi) is 3.90. The SMILES string of the molecule is NC(=O)NC(=O)CO/N=C/c1ccc[nH]1. The Balaban J connectivity index is 2.21. The number of carbonyl (C=O) groups excluding carboxylic acids is 2. The van der Waals surface area contributed by atoms with Crippen molar-refractivity contribution in [2.24, 2.45) is 10.9 Å². The van der Waals surface area contributed by atoms with E-state index < -0.39 is 11.9 Å². The van der Waals surface area contributed by atoms with E-state index >= 15 is 0 Å². The van der Waals surface area contributed by atoms with Crippen LogP contribution in [-0.4, -0.2) is 29.7 Å². The molecule has 0 radical (unpaired) electrons. The fraction of sp³-hybridized carbons (Fsp3) is 0.125. The standard InChI is InChI=1S/C8H10N4O3/c9-8(14)12-7(13)5-15-11-4-6-2-1-3-10-6/h1-4,10H,5H2,(H3,9,12,13,14)/b11-4+. The van der Waals surface area contributed by atoms with Gasteiger partial charge in [0.25, 0.3) is 5.91 Å². The number of hydrogen-bond acceptors (Lipinski definition) is 4. The molecule has 7 nitrogen and oxygen atoms in total. The summed E-state index contributed by atoms with van der Waals surface area (Å²) in [4.78, 5) is 28.5. The van der Waals surface area contributed by atoms with Gasteiger partial charge < -0.3 is 15.6 Å². The van der Waals surface area contributed by atoms with Crippen molar-refractivity contribution in [3.8, 4) is 0 Å². The van der Waals surface area contributed by atoms with E-state index in [2.05, 4.69) is 15.0 Å². The second-order valence-corrected chi connectivity index (χ2v) is 2.55. The molecule has 80 valence electrons. The molecule has 0 aliphatic carbocycles. The fourth-order valence-electron chi connectivity index (χ4n) is 0.788. The Morgan fingerprint density at radius 3 is 3.07 bits per heavy atom. The molecule has 1 heterocycles. The van der Waals surface area contributed by atoms with Gasteiger partial charge in [-0.15, -0.1) is 0 Å². The van der Waals surface area contributed by atoms with Crippen LogP contribution in [0.3, 0.4) is 0 Å². The molecule has 1 aromatic heterocycles. The normalized spacial score (nSPS) is 10.1. The predicted molar refractivity (Wildman–Crippen MR) is 52.1 cm³/mol. The number of rotatable bonds is 4. The Labute approximate surface area is 85.3 Å². The second kappa shape index (κ2) is 5.43. The largest absolute Gasteiger partial charge is 0.386 e. The predicted octanol–water partition coefficient (Wildman–Crippen LogP) is -0.440. The highest BCUT2D eigenvalue weighted by Crippen LogP contribution is 1.89. The van der Waals surface area contributed by atoms with Gasteiger partial charge in [-0.2, -0.15) is 0 Å². The van der Waals surface area contributed by atoms with Gasteiger partial charge in [0, 0.05) is 6.20 Å². The lowest BCUT2D eigenvalue weighted by atomic mass is 10.5. The summed E-state index contributed by atoms with van der Waals surface area (Å²) < 4.78 is 0. The van der Waals surface area contributed by atoms with Crippen LogP contribution in [0.25, 0.3) is 0 Å². The smallest absolute Gasteiger partial charge is 0.318 e. The van der Waals surface area contributed by atoms with Gasteiger partial charge >= 0.3 is 6.03 Å². The molecule has 0 bridgehead atoms. The van der Waals surface area contributed by atoms with Gasteiger partial charge in [-0.05, 0) is 12.1 Å². The van der Waals surface area contributed by atoms with E-state index in [9.17, 15) is 9.59 Å². The van der Waals surface area contributed by atoms with E-state index in [1.165, 1.54) is 6.21 Å².